The number of methoxy groups -OCH3 is 1. The van der Waals surface area contributed by atoms with Gasteiger partial charge in [-0.1, -0.05) is 12.1 Å². The fourth-order valence-electron chi connectivity index (χ4n) is 3.00. The van der Waals surface area contributed by atoms with Crippen molar-refractivity contribution in [1.29, 1.82) is 0 Å². The highest BCUT2D eigenvalue weighted by atomic mass is 16.5. The molecule has 0 unspecified atom stereocenters. The summed E-state index contributed by atoms with van der Waals surface area (Å²) in [4.78, 5) is 12.5. The Balaban J connectivity index is 2.59. The molecule has 0 saturated carbocycles. The number of rotatable bonds is 4. The lowest BCUT2D eigenvalue weighted by Crippen LogP contribution is -2.48. The molecular formula is C16H22O5. The molecule has 0 saturated heterocycles. The summed E-state index contributed by atoms with van der Waals surface area (Å²) in [6, 6.07) is 3.50. The second kappa shape index (κ2) is 5.85. The van der Waals surface area contributed by atoms with E-state index in [1.807, 2.05) is 0 Å². The summed E-state index contributed by atoms with van der Waals surface area (Å²) < 4.78 is 5.10. The number of aliphatic hydroxyl groups excluding tert-OH is 2. The van der Waals surface area contributed by atoms with Crippen LogP contribution in [-0.4, -0.2) is 39.9 Å². The van der Waals surface area contributed by atoms with Crippen molar-refractivity contribution < 1.29 is 24.9 Å². The van der Waals surface area contributed by atoms with Crippen LogP contribution < -0.4 is 0 Å². The number of fused-ring (bicyclic) bond motifs is 1. The van der Waals surface area contributed by atoms with E-state index >= 15 is 0 Å². The Hall–Kier alpha value is -1.27. The standard InChI is InChI=1S/C16H22O5/c1-16(2,20)12-6-11-9(7-17)4-5-10(8-21-3)13(11)15(19)14(12)18/h4-5,12,14,17-18,20H,6-8H2,1-3H3/t12-,14+/m0/s1. The lowest BCUT2D eigenvalue weighted by atomic mass is 9.71. The van der Waals surface area contributed by atoms with Crippen molar-refractivity contribution in [2.75, 3.05) is 7.11 Å². The zero-order valence-corrected chi connectivity index (χ0v) is 12.6. The van der Waals surface area contributed by atoms with Gasteiger partial charge in [-0.25, -0.2) is 0 Å². The predicted molar refractivity (Wildman–Crippen MR) is 76.9 cm³/mol. The fraction of sp³-hybridized carbons (Fsp3) is 0.562. The largest absolute Gasteiger partial charge is 0.392 e. The van der Waals surface area contributed by atoms with Crippen LogP contribution in [0.5, 0.6) is 0 Å². The zero-order chi connectivity index (χ0) is 15.8. The Labute approximate surface area is 124 Å². The molecule has 21 heavy (non-hydrogen) atoms. The Morgan fingerprint density at radius 2 is 1.95 bits per heavy atom. The summed E-state index contributed by atoms with van der Waals surface area (Å²) in [5, 5.41) is 29.9. The summed E-state index contributed by atoms with van der Waals surface area (Å²) in [7, 11) is 1.54. The molecule has 0 aromatic heterocycles. The SMILES string of the molecule is COCc1ccc(CO)c2c1C(=O)[C@H](O)[C@@H](C(C)(C)O)C2. The smallest absolute Gasteiger partial charge is 0.192 e. The summed E-state index contributed by atoms with van der Waals surface area (Å²) >= 11 is 0. The predicted octanol–water partition coefficient (Wildman–Crippen LogP) is 0.812. The van der Waals surface area contributed by atoms with Crippen molar-refractivity contribution in [1.82, 2.24) is 0 Å². The van der Waals surface area contributed by atoms with Crippen LogP contribution in [-0.2, 0) is 24.4 Å². The minimum absolute atomic E-state index is 0.183. The van der Waals surface area contributed by atoms with E-state index in [0.29, 0.717) is 28.7 Å². The number of ether oxygens (including phenoxy) is 1. The van der Waals surface area contributed by atoms with Crippen LogP contribution in [0.1, 0.15) is 40.9 Å². The second-order valence-corrected chi connectivity index (χ2v) is 6.10. The Morgan fingerprint density at radius 3 is 2.48 bits per heavy atom. The maximum Gasteiger partial charge on any atom is 0.192 e. The van der Waals surface area contributed by atoms with Gasteiger partial charge in [-0.3, -0.25) is 4.79 Å². The third-order valence-electron chi connectivity index (χ3n) is 4.19. The van der Waals surface area contributed by atoms with Crippen molar-refractivity contribution in [3.8, 4) is 0 Å². The minimum atomic E-state index is -1.25. The van der Waals surface area contributed by atoms with Crippen LogP contribution in [0.25, 0.3) is 0 Å². The normalized spacial score (nSPS) is 22.3. The molecule has 2 rings (SSSR count). The van der Waals surface area contributed by atoms with E-state index < -0.39 is 23.4 Å². The number of Topliss-reactive ketones (excluding diaryl/α,β-unsaturated/α-hetero) is 1. The Bertz CT molecular complexity index is 544. The van der Waals surface area contributed by atoms with Gasteiger partial charge in [0.25, 0.3) is 0 Å². The molecule has 5 heteroatoms. The summed E-state index contributed by atoms with van der Waals surface area (Å²) in [5.41, 5.74) is 1.30. The fourth-order valence-corrected chi connectivity index (χ4v) is 3.00. The quantitative estimate of drug-likeness (QED) is 0.765. The zero-order valence-electron chi connectivity index (χ0n) is 12.6. The number of benzene rings is 1. The first-order chi connectivity index (χ1) is 9.81. The molecule has 1 aromatic rings. The van der Waals surface area contributed by atoms with E-state index in [4.69, 9.17) is 4.74 Å². The third-order valence-corrected chi connectivity index (χ3v) is 4.19. The van der Waals surface area contributed by atoms with Gasteiger partial charge in [0.05, 0.1) is 18.8 Å². The van der Waals surface area contributed by atoms with Gasteiger partial charge in [-0.2, -0.15) is 0 Å². The number of hydrogen-bond donors (Lipinski definition) is 3. The van der Waals surface area contributed by atoms with E-state index in [2.05, 4.69) is 0 Å². The van der Waals surface area contributed by atoms with E-state index in [9.17, 15) is 20.1 Å². The highest BCUT2D eigenvalue weighted by molar-refractivity contribution is 6.03. The van der Waals surface area contributed by atoms with E-state index in [0.717, 1.165) is 0 Å². The minimum Gasteiger partial charge on any atom is -0.392 e. The molecule has 0 spiro atoms. The molecule has 1 aliphatic rings. The van der Waals surface area contributed by atoms with Crippen molar-refractivity contribution >= 4 is 5.78 Å². The summed E-state index contributed by atoms with van der Waals surface area (Å²) in [6.45, 7) is 3.24. The van der Waals surface area contributed by atoms with Gasteiger partial charge in [0.2, 0.25) is 0 Å². The van der Waals surface area contributed by atoms with Crippen LogP contribution in [0.15, 0.2) is 12.1 Å². The summed E-state index contributed by atoms with van der Waals surface area (Å²) in [5.74, 6) is -1.01. The average molecular weight is 294 g/mol. The Morgan fingerprint density at radius 1 is 1.33 bits per heavy atom. The first-order valence-corrected chi connectivity index (χ1v) is 6.99. The second-order valence-electron chi connectivity index (χ2n) is 6.10. The molecule has 3 N–H and O–H groups in total. The van der Waals surface area contributed by atoms with Crippen LogP contribution >= 0.6 is 0 Å². The number of carbonyl (C=O) groups excluding carboxylic acids is 1. The van der Waals surface area contributed by atoms with Gasteiger partial charge in [0.15, 0.2) is 5.78 Å². The van der Waals surface area contributed by atoms with Crippen LogP contribution in [0, 0.1) is 5.92 Å². The van der Waals surface area contributed by atoms with Gasteiger partial charge in [0, 0.05) is 18.6 Å². The maximum absolute atomic E-state index is 12.5. The molecule has 1 aromatic carbocycles. The number of carbonyl (C=O) groups is 1. The highest BCUT2D eigenvalue weighted by Gasteiger charge is 2.43. The Kier molecular flexibility index (Phi) is 4.49. The number of hydrogen-bond acceptors (Lipinski definition) is 5. The highest BCUT2D eigenvalue weighted by Crippen LogP contribution is 2.36. The van der Waals surface area contributed by atoms with Crippen molar-refractivity contribution in [2.24, 2.45) is 5.92 Å². The van der Waals surface area contributed by atoms with Gasteiger partial charge in [-0.05, 0) is 37.0 Å². The number of ketones is 1. The molecule has 0 aliphatic heterocycles. The third kappa shape index (κ3) is 2.87. The van der Waals surface area contributed by atoms with Gasteiger partial charge in [-0.15, -0.1) is 0 Å². The molecule has 2 atom stereocenters. The van der Waals surface area contributed by atoms with Crippen molar-refractivity contribution in [2.45, 2.75) is 45.2 Å². The van der Waals surface area contributed by atoms with Crippen LogP contribution in [0.4, 0.5) is 0 Å². The van der Waals surface area contributed by atoms with Crippen LogP contribution in [0.2, 0.25) is 0 Å². The van der Waals surface area contributed by atoms with Gasteiger partial charge < -0.3 is 20.1 Å². The molecule has 0 fully saturated rings. The maximum atomic E-state index is 12.5. The average Bonchev–Trinajstić information content (AvgIpc) is 2.41. The molecule has 0 amide bonds. The van der Waals surface area contributed by atoms with E-state index in [1.165, 1.54) is 7.11 Å². The summed E-state index contributed by atoms with van der Waals surface area (Å²) in [6.07, 6.45) is -0.902. The lowest BCUT2D eigenvalue weighted by molar-refractivity contribution is -0.0399. The van der Waals surface area contributed by atoms with E-state index in [-0.39, 0.29) is 13.2 Å². The first kappa shape index (κ1) is 16.1. The van der Waals surface area contributed by atoms with E-state index in [1.54, 1.807) is 26.0 Å². The first-order valence-electron chi connectivity index (χ1n) is 6.99. The number of aliphatic hydroxyl groups is 3. The lowest BCUT2D eigenvalue weighted by Gasteiger charge is -2.37. The van der Waals surface area contributed by atoms with Gasteiger partial charge in [0.1, 0.15) is 6.10 Å². The molecule has 5 nitrogen and oxygen atoms in total. The van der Waals surface area contributed by atoms with Crippen molar-refractivity contribution in [3.63, 3.8) is 0 Å². The molecule has 116 valence electrons. The van der Waals surface area contributed by atoms with Crippen LogP contribution in [0.3, 0.4) is 0 Å². The molecule has 0 radical (unpaired) electrons. The molecule has 0 bridgehead atoms. The topological polar surface area (TPSA) is 87.0 Å². The monoisotopic (exact) mass is 294 g/mol. The van der Waals surface area contributed by atoms with Gasteiger partial charge >= 0.3 is 0 Å². The molecule has 1 aliphatic carbocycles. The van der Waals surface area contributed by atoms with Crippen molar-refractivity contribution in [3.05, 3.63) is 34.4 Å². The molecule has 0 heterocycles. The molecular weight excluding hydrogens is 272 g/mol.